The maximum atomic E-state index is 12.9. The van der Waals surface area contributed by atoms with Crippen LogP contribution in [0.3, 0.4) is 0 Å². The average Bonchev–Trinajstić information content (AvgIpc) is 3.01. The van der Waals surface area contributed by atoms with Gasteiger partial charge in [-0.15, -0.1) is 0 Å². The summed E-state index contributed by atoms with van der Waals surface area (Å²) in [5.74, 6) is 0.347. The first kappa shape index (κ1) is 24.9. The van der Waals surface area contributed by atoms with Gasteiger partial charge in [0.25, 0.3) is 0 Å². The molecule has 1 aliphatic heterocycles. The third-order valence-electron chi connectivity index (χ3n) is 6.27. The van der Waals surface area contributed by atoms with Crippen LogP contribution in [-0.4, -0.2) is 49.2 Å². The summed E-state index contributed by atoms with van der Waals surface area (Å²) in [6, 6.07) is 8.09. The van der Waals surface area contributed by atoms with Gasteiger partial charge in [-0.05, 0) is 68.8 Å². The molecule has 2 unspecified atom stereocenters. The number of likely N-dealkylation sites (tertiary alicyclic amines) is 1. The molecule has 0 bridgehead atoms. The van der Waals surface area contributed by atoms with Crippen molar-refractivity contribution in [2.75, 3.05) is 13.2 Å². The van der Waals surface area contributed by atoms with E-state index in [2.05, 4.69) is 46.0 Å². The highest BCUT2D eigenvalue weighted by atomic mass is 28.4. The van der Waals surface area contributed by atoms with E-state index in [9.17, 15) is 9.90 Å². The fourth-order valence-corrected chi connectivity index (χ4v) is 4.62. The Morgan fingerprint density at radius 1 is 1.17 bits per heavy atom. The number of carbonyl (C=O) groups is 1. The van der Waals surface area contributed by atoms with E-state index in [1.165, 1.54) is 5.56 Å². The fraction of sp³-hybridized carbons (Fsp3) is 0.708. The Morgan fingerprint density at radius 3 is 2.37 bits per heavy atom. The van der Waals surface area contributed by atoms with Gasteiger partial charge in [-0.25, -0.2) is 4.79 Å². The molecular weight excluding hydrogens is 394 g/mol. The van der Waals surface area contributed by atoms with Crippen LogP contribution in [0, 0.1) is 5.92 Å². The smallest absolute Gasteiger partial charge is 0.410 e. The molecule has 1 aliphatic rings. The number of amides is 1. The van der Waals surface area contributed by atoms with Crippen LogP contribution in [0.4, 0.5) is 4.79 Å². The molecule has 1 aromatic carbocycles. The van der Waals surface area contributed by atoms with Crippen LogP contribution >= 0.6 is 0 Å². The Hall–Kier alpha value is -1.37. The second-order valence-electron chi connectivity index (χ2n) is 11.1. The third kappa shape index (κ3) is 6.82. The summed E-state index contributed by atoms with van der Waals surface area (Å²) >= 11 is 0. The number of aliphatic hydroxyl groups is 1. The summed E-state index contributed by atoms with van der Waals surface area (Å²) in [7, 11) is -1.90. The lowest BCUT2D eigenvalue weighted by atomic mass is 9.96. The first-order valence-electron chi connectivity index (χ1n) is 11.0. The topological polar surface area (TPSA) is 59.0 Å². The van der Waals surface area contributed by atoms with Crippen molar-refractivity contribution in [2.24, 2.45) is 5.92 Å². The summed E-state index contributed by atoms with van der Waals surface area (Å²) in [5.41, 5.74) is 1.60. The summed E-state index contributed by atoms with van der Waals surface area (Å²) in [4.78, 5) is 14.8. The normalized spacial score (nSPS) is 20.5. The second kappa shape index (κ2) is 9.41. The van der Waals surface area contributed by atoms with Crippen molar-refractivity contribution >= 4 is 14.4 Å². The van der Waals surface area contributed by atoms with E-state index in [-0.39, 0.29) is 23.8 Å². The van der Waals surface area contributed by atoms with Crippen LogP contribution in [0.2, 0.25) is 18.1 Å². The van der Waals surface area contributed by atoms with Gasteiger partial charge < -0.3 is 19.2 Å². The standard InChI is InChI=1S/C24H41NO4Si/c1-23(2,3)29-22(27)25-15-20(13-18-10-9-11-19(12-18)16-26)14-21(25)17-28-30(7,8)24(4,5)6/h9-12,20-21,26H,13-17H2,1-8H3. The molecule has 6 heteroatoms. The molecule has 1 saturated heterocycles. The van der Waals surface area contributed by atoms with Gasteiger partial charge in [0.1, 0.15) is 5.60 Å². The summed E-state index contributed by atoms with van der Waals surface area (Å²) in [5, 5.41) is 9.55. The van der Waals surface area contributed by atoms with Gasteiger partial charge >= 0.3 is 6.09 Å². The van der Waals surface area contributed by atoms with Gasteiger partial charge in [-0.1, -0.05) is 45.0 Å². The zero-order valence-electron chi connectivity index (χ0n) is 20.1. The number of hydrogen-bond acceptors (Lipinski definition) is 4. The number of carbonyl (C=O) groups excluding carboxylic acids is 1. The number of ether oxygens (including phenoxy) is 1. The monoisotopic (exact) mass is 435 g/mol. The van der Waals surface area contributed by atoms with E-state index in [1.54, 1.807) is 0 Å². The Morgan fingerprint density at radius 2 is 1.80 bits per heavy atom. The number of benzene rings is 1. The van der Waals surface area contributed by atoms with Gasteiger partial charge in [-0.2, -0.15) is 0 Å². The molecule has 170 valence electrons. The van der Waals surface area contributed by atoms with Crippen molar-refractivity contribution in [2.45, 2.75) is 90.8 Å². The molecule has 1 fully saturated rings. The van der Waals surface area contributed by atoms with Crippen molar-refractivity contribution in [3.05, 3.63) is 35.4 Å². The molecule has 1 aromatic rings. The Bertz CT molecular complexity index is 721. The van der Waals surface area contributed by atoms with Crippen molar-refractivity contribution in [1.82, 2.24) is 4.90 Å². The SMILES string of the molecule is CC(C)(C)OC(=O)N1CC(Cc2cccc(CO)c2)CC1CO[Si](C)(C)C(C)(C)C. The molecule has 5 nitrogen and oxygen atoms in total. The molecule has 0 radical (unpaired) electrons. The molecular formula is C24H41NO4Si. The van der Waals surface area contributed by atoms with E-state index in [0.29, 0.717) is 19.1 Å². The number of rotatable bonds is 6. The van der Waals surface area contributed by atoms with Crippen LogP contribution in [-0.2, 0) is 22.2 Å². The molecule has 0 saturated carbocycles. The van der Waals surface area contributed by atoms with Crippen molar-refractivity contribution in [3.63, 3.8) is 0 Å². The molecule has 1 N–H and O–H groups in total. The van der Waals surface area contributed by atoms with Gasteiger partial charge in [0.05, 0.1) is 19.3 Å². The number of hydrogen-bond donors (Lipinski definition) is 1. The molecule has 2 atom stereocenters. The molecule has 0 aliphatic carbocycles. The van der Waals surface area contributed by atoms with E-state index in [1.807, 2.05) is 37.8 Å². The van der Waals surface area contributed by atoms with Crippen molar-refractivity contribution < 1.29 is 19.1 Å². The molecule has 0 aromatic heterocycles. The van der Waals surface area contributed by atoms with Crippen LogP contribution in [0.25, 0.3) is 0 Å². The first-order chi connectivity index (χ1) is 13.7. The van der Waals surface area contributed by atoms with E-state index < -0.39 is 13.9 Å². The van der Waals surface area contributed by atoms with Gasteiger partial charge in [0.15, 0.2) is 8.32 Å². The van der Waals surface area contributed by atoms with Crippen molar-refractivity contribution in [3.8, 4) is 0 Å². The zero-order valence-corrected chi connectivity index (χ0v) is 21.1. The highest BCUT2D eigenvalue weighted by Gasteiger charge is 2.41. The van der Waals surface area contributed by atoms with Crippen LogP contribution in [0.1, 0.15) is 59.1 Å². The Balaban J connectivity index is 2.13. The molecule has 1 heterocycles. The predicted octanol–water partition coefficient (Wildman–Crippen LogP) is 5.37. The van der Waals surface area contributed by atoms with Gasteiger partial charge in [0.2, 0.25) is 0 Å². The van der Waals surface area contributed by atoms with Crippen LogP contribution in [0.15, 0.2) is 24.3 Å². The van der Waals surface area contributed by atoms with Gasteiger partial charge in [0, 0.05) is 6.54 Å². The molecule has 2 rings (SSSR count). The van der Waals surface area contributed by atoms with Crippen molar-refractivity contribution in [1.29, 1.82) is 0 Å². The number of nitrogens with zero attached hydrogens (tertiary/aromatic N) is 1. The van der Waals surface area contributed by atoms with E-state index >= 15 is 0 Å². The lowest BCUT2D eigenvalue weighted by Crippen LogP contribution is -2.46. The van der Waals surface area contributed by atoms with E-state index in [0.717, 1.165) is 18.4 Å². The summed E-state index contributed by atoms with van der Waals surface area (Å²) < 4.78 is 12.2. The first-order valence-corrected chi connectivity index (χ1v) is 13.9. The quantitative estimate of drug-likeness (QED) is 0.610. The Kier molecular flexibility index (Phi) is 7.81. The minimum atomic E-state index is -1.90. The van der Waals surface area contributed by atoms with Crippen LogP contribution in [0.5, 0.6) is 0 Å². The minimum absolute atomic E-state index is 0.0278. The molecule has 30 heavy (non-hydrogen) atoms. The fourth-order valence-electron chi connectivity index (χ4n) is 3.57. The maximum Gasteiger partial charge on any atom is 0.410 e. The number of aliphatic hydroxyl groups excluding tert-OH is 1. The average molecular weight is 436 g/mol. The van der Waals surface area contributed by atoms with Crippen LogP contribution < -0.4 is 0 Å². The molecule has 0 spiro atoms. The van der Waals surface area contributed by atoms with E-state index in [4.69, 9.17) is 9.16 Å². The minimum Gasteiger partial charge on any atom is -0.444 e. The summed E-state index contributed by atoms with van der Waals surface area (Å²) in [6.45, 7) is 18.2. The molecule has 1 amide bonds. The highest BCUT2D eigenvalue weighted by molar-refractivity contribution is 6.74. The predicted molar refractivity (Wildman–Crippen MR) is 124 cm³/mol. The second-order valence-corrected chi connectivity index (χ2v) is 16.0. The lowest BCUT2D eigenvalue weighted by molar-refractivity contribution is 0.0178. The summed E-state index contributed by atoms with van der Waals surface area (Å²) in [6.07, 6.45) is 1.53. The maximum absolute atomic E-state index is 12.9. The lowest BCUT2D eigenvalue weighted by Gasteiger charge is -2.38. The third-order valence-corrected chi connectivity index (χ3v) is 10.8. The zero-order chi connectivity index (χ0) is 22.7. The largest absolute Gasteiger partial charge is 0.444 e. The van der Waals surface area contributed by atoms with Gasteiger partial charge in [-0.3, -0.25) is 0 Å². The Labute approximate surface area is 183 Å². The highest BCUT2D eigenvalue weighted by Crippen LogP contribution is 2.37.